The molecule has 0 aliphatic heterocycles. The molecular weight excluding hydrogens is 262 g/mol. The predicted molar refractivity (Wildman–Crippen MR) is 84.3 cm³/mol. The van der Waals surface area contributed by atoms with E-state index in [1.165, 1.54) is 11.1 Å². The van der Waals surface area contributed by atoms with E-state index in [0.29, 0.717) is 6.54 Å². The number of benzene rings is 2. The van der Waals surface area contributed by atoms with E-state index in [-0.39, 0.29) is 0 Å². The van der Waals surface area contributed by atoms with Crippen molar-refractivity contribution in [3.63, 3.8) is 0 Å². The number of carbonyl (C=O) groups is 1. The number of carboxylic acid groups (broad SMARTS) is 1. The smallest absolute Gasteiger partial charge is 0.312 e. The standard InChI is InChI=1S/C18H21NO2/c1-14-8-6-7-11-16(14)12-19(2)13-17(18(20)21)15-9-4-3-5-10-15/h3-11,17H,12-13H2,1-2H3,(H,20,21). The molecular formula is C18H21NO2. The first kappa shape index (κ1) is 15.3. The summed E-state index contributed by atoms with van der Waals surface area (Å²) in [5.41, 5.74) is 3.31. The van der Waals surface area contributed by atoms with E-state index in [2.05, 4.69) is 24.0 Å². The number of hydrogen-bond acceptors (Lipinski definition) is 2. The summed E-state index contributed by atoms with van der Waals surface area (Å²) < 4.78 is 0. The van der Waals surface area contributed by atoms with Gasteiger partial charge in [0.1, 0.15) is 0 Å². The van der Waals surface area contributed by atoms with E-state index in [1.807, 2.05) is 49.5 Å². The average Bonchev–Trinajstić information content (AvgIpc) is 2.48. The van der Waals surface area contributed by atoms with Gasteiger partial charge >= 0.3 is 5.97 Å². The highest BCUT2D eigenvalue weighted by atomic mass is 16.4. The second-order valence-corrected chi connectivity index (χ2v) is 5.42. The molecule has 0 aliphatic carbocycles. The van der Waals surface area contributed by atoms with Gasteiger partial charge in [-0.15, -0.1) is 0 Å². The number of likely N-dealkylation sites (N-methyl/N-ethyl adjacent to an activating group) is 1. The van der Waals surface area contributed by atoms with E-state index >= 15 is 0 Å². The fraction of sp³-hybridized carbons (Fsp3) is 0.278. The fourth-order valence-corrected chi connectivity index (χ4v) is 2.47. The Kier molecular flexibility index (Phi) is 5.12. The molecule has 0 fully saturated rings. The summed E-state index contributed by atoms with van der Waals surface area (Å²) in [5.74, 6) is -1.28. The van der Waals surface area contributed by atoms with Gasteiger partial charge in [-0.3, -0.25) is 4.79 Å². The number of aliphatic carboxylic acids is 1. The molecule has 1 unspecified atom stereocenters. The molecule has 110 valence electrons. The first-order valence-electron chi connectivity index (χ1n) is 7.08. The van der Waals surface area contributed by atoms with Crippen molar-refractivity contribution < 1.29 is 9.90 Å². The third-order valence-electron chi connectivity index (χ3n) is 3.70. The van der Waals surface area contributed by atoms with Crippen LogP contribution in [0.4, 0.5) is 0 Å². The molecule has 0 radical (unpaired) electrons. The van der Waals surface area contributed by atoms with Gasteiger partial charge in [0.15, 0.2) is 0 Å². The summed E-state index contributed by atoms with van der Waals surface area (Å²) in [7, 11) is 1.96. The van der Waals surface area contributed by atoms with Gasteiger partial charge in [0, 0.05) is 13.1 Å². The van der Waals surface area contributed by atoms with Crippen molar-refractivity contribution in [1.82, 2.24) is 4.90 Å². The Morgan fingerprint density at radius 3 is 2.33 bits per heavy atom. The fourth-order valence-electron chi connectivity index (χ4n) is 2.47. The van der Waals surface area contributed by atoms with Gasteiger partial charge in [0.25, 0.3) is 0 Å². The molecule has 21 heavy (non-hydrogen) atoms. The van der Waals surface area contributed by atoms with Crippen molar-refractivity contribution in [2.75, 3.05) is 13.6 Å². The van der Waals surface area contributed by atoms with Gasteiger partial charge in [0.2, 0.25) is 0 Å². The average molecular weight is 283 g/mol. The minimum absolute atomic E-state index is 0.494. The van der Waals surface area contributed by atoms with Crippen LogP contribution in [-0.4, -0.2) is 29.6 Å². The quantitative estimate of drug-likeness (QED) is 0.884. The maximum Gasteiger partial charge on any atom is 0.312 e. The molecule has 3 nitrogen and oxygen atoms in total. The minimum atomic E-state index is -0.780. The Balaban J connectivity index is 2.07. The van der Waals surface area contributed by atoms with Gasteiger partial charge in [-0.25, -0.2) is 0 Å². The second kappa shape index (κ2) is 7.04. The molecule has 0 saturated carbocycles. The maximum absolute atomic E-state index is 11.5. The molecule has 0 heterocycles. The predicted octanol–water partition coefficient (Wildman–Crippen LogP) is 3.30. The van der Waals surface area contributed by atoms with Crippen LogP contribution in [0.3, 0.4) is 0 Å². The number of rotatable bonds is 6. The lowest BCUT2D eigenvalue weighted by Gasteiger charge is -2.22. The number of hydrogen-bond donors (Lipinski definition) is 1. The van der Waals surface area contributed by atoms with E-state index in [9.17, 15) is 9.90 Å². The van der Waals surface area contributed by atoms with E-state index in [4.69, 9.17) is 0 Å². The van der Waals surface area contributed by atoms with Crippen molar-refractivity contribution in [3.8, 4) is 0 Å². The Hall–Kier alpha value is -2.13. The summed E-state index contributed by atoms with van der Waals surface area (Å²) in [5, 5.41) is 9.47. The van der Waals surface area contributed by atoms with E-state index in [1.54, 1.807) is 0 Å². The third kappa shape index (κ3) is 4.17. The molecule has 1 N–H and O–H groups in total. The van der Waals surface area contributed by atoms with Crippen LogP contribution in [0.15, 0.2) is 54.6 Å². The van der Waals surface area contributed by atoms with Crippen molar-refractivity contribution >= 4 is 5.97 Å². The van der Waals surface area contributed by atoms with Crippen molar-refractivity contribution in [2.45, 2.75) is 19.4 Å². The molecule has 0 aromatic heterocycles. The van der Waals surface area contributed by atoms with E-state index in [0.717, 1.165) is 12.1 Å². The molecule has 2 aromatic rings. The topological polar surface area (TPSA) is 40.5 Å². The Morgan fingerprint density at radius 1 is 1.10 bits per heavy atom. The van der Waals surface area contributed by atoms with Gasteiger partial charge < -0.3 is 10.0 Å². The third-order valence-corrected chi connectivity index (χ3v) is 3.70. The summed E-state index contributed by atoms with van der Waals surface area (Å²) in [4.78, 5) is 13.6. The van der Waals surface area contributed by atoms with E-state index < -0.39 is 11.9 Å². The monoisotopic (exact) mass is 283 g/mol. The number of nitrogens with zero attached hydrogens (tertiary/aromatic N) is 1. The van der Waals surface area contributed by atoms with Crippen LogP contribution < -0.4 is 0 Å². The SMILES string of the molecule is Cc1ccccc1CN(C)CC(C(=O)O)c1ccccc1. The Bertz CT molecular complexity index is 595. The molecule has 0 bridgehead atoms. The Morgan fingerprint density at radius 2 is 1.71 bits per heavy atom. The zero-order chi connectivity index (χ0) is 15.2. The highest BCUT2D eigenvalue weighted by molar-refractivity contribution is 5.76. The molecule has 0 spiro atoms. The van der Waals surface area contributed by atoms with Crippen LogP contribution in [0.5, 0.6) is 0 Å². The molecule has 2 rings (SSSR count). The summed E-state index contributed by atoms with van der Waals surface area (Å²) in [6.07, 6.45) is 0. The normalized spacial score (nSPS) is 12.3. The van der Waals surface area contributed by atoms with Gasteiger partial charge in [-0.1, -0.05) is 54.6 Å². The van der Waals surface area contributed by atoms with Gasteiger partial charge in [-0.2, -0.15) is 0 Å². The zero-order valence-corrected chi connectivity index (χ0v) is 12.5. The lowest BCUT2D eigenvalue weighted by atomic mass is 9.98. The highest BCUT2D eigenvalue weighted by Gasteiger charge is 2.21. The van der Waals surface area contributed by atoms with Crippen LogP contribution in [0.25, 0.3) is 0 Å². The lowest BCUT2D eigenvalue weighted by molar-refractivity contribution is -0.139. The van der Waals surface area contributed by atoms with Crippen LogP contribution in [-0.2, 0) is 11.3 Å². The van der Waals surface area contributed by atoms with Gasteiger partial charge in [0.05, 0.1) is 5.92 Å². The van der Waals surface area contributed by atoms with Crippen molar-refractivity contribution in [2.24, 2.45) is 0 Å². The molecule has 0 aliphatic rings. The molecule has 0 saturated heterocycles. The first-order chi connectivity index (χ1) is 10.1. The maximum atomic E-state index is 11.5. The van der Waals surface area contributed by atoms with Crippen molar-refractivity contribution in [3.05, 3.63) is 71.3 Å². The Labute approximate surface area is 125 Å². The summed E-state index contributed by atoms with van der Waals surface area (Å²) in [6, 6.07) is 17.6. The van der Waals surface area contributed by atoms with Crippen molar-refractivity contribution in [1.29, 1.82) is 0 Å². The highest BCUT2D eigenvalue weighted by Crippen LogP contribution is 2.18. The van der Waals surface area contributed by atoms with Crippen LogP contribution in [0.1, 0.15) is 22.6 Å². The van der Waals surface area contributed by atoms with Crippen LogP contribution in [0, 0.1) is 6.92 Å². The molecule has 0 amide bonds. The molecule has 3 heteroatoms. The number of aryl methyl sites for hydroxylation is 1. The summed E-state index contributed by atoms with van der Waals surface area (Å²) in [6.45, 7) is 3.33. The summed E-state index contributed by atoms with van der Waals surface area (Å²) >= 11 is 0. The largest absolute Gasteiger partial charge is 0.481 e. The molecule has 1 atom stereocenters. The first-order valence-corrected chi connectivity index (χ1v) is 7.08. The number of carboxylic acids is 1. The lowest BCUT2D eigenvalue weighted by Crippen LogP contribution is -2.28. The molecule has 2 aromatic carbocycles. The van der Waals surface area contributed by atoms with Crippen LogP contribution >= 0.6 is 0 Å². The minimum Gasteiger partial charge on any atom is -0.481 e. The van der Waals surface area contributed by atoms with Crippen LogP contribution in [0.2, 0.25) is 0 Å². The van der Waals surface area contributed by atoms with Gasteiger partial charge in [-0.05, 0) is 30.7 Å². The second-order valence-electron chi connectivity index (χ2n) is 5.42. The zero-order valence-electron chi connectivity index (χ0n) is 12.5.